The van der Waals surface area contributed by atoms with Crippen LogP contribution >= 0.6 is 0 Å². The number of unbranched alkanes of at least 4 members (excludes halogenated alkanes) is 4. The molecule has 0 saturated heterocycles. The number of nitrogens with one attached hydrogen (secondary N) is 9. The summed E-state index contributed by atoms with van der Waals surface area (Å²) in [5.74, 6) is -3.44. The van der Waals surface area contributed by atoms with Crippen LogP contribution in [0, 0.1) is 0 Å². The maximum Gasteiger partial charge on any atom is 0.406 e. The zero-order chi connectivity index (χ0) is 58.0. The molecule has 79 heavy (non-hydrogen) atoms. The zero-order valence-electron chi connectivity index (χ0n) is 46.7. The number of amides is 10. The molecule has 4 aliphatic rings. The fourth-order valence-corrected chi connectivity index (χ4v) is 8.39. The van der Waals surface area contributed by atoms with Gasteiger partial charge in [0.1, 0.15) is 26.2 Å². The van der Waals surface area contributed by atoms with Crippen LogP contribution in [0.25, 0.3) is 0 Å². The van der Waals surface area contributed by atoms with E-state index >= 15 is 0 Å². The van der Waals surface area contributed by atoms with Gasteiger partial charge in [-0.3, -0.25) is 43.2 Å². The van der Waals surface area contributed by atoms with Crippen LogP contribution in [0.15, 0.2) is 0 Å². The first-order chi connectivity index (χ1) is 37.9. The van der Waals surface area contributed by atoms with E-state index < -0.39 is 23.8 Å². The molecule has 0 radical (unpaired) electrons. The molecule has 4 rings (SSSR count). The minimum absolute atomic E-state index is 0.0168. The van der Waals surface area contributed by atoms with Gasteiger partial charge < -0.3 is 91.1 Å². The fourth-order valence-electron chi connectivity index (χ4n) is 8.39. The smallest absolute Gasteiger partial charge is 0.406 e. The molecule has 27 heteroatoms. The van der Waals surface area contributed by atoms with Gasteiger partial charge in [0.15, 0.2) is 0 Å². The summed E-state index contributed by atoms with van der Waals surface area (Å²) in [6, 6.07) is 0.922. The molecular weight excluding hydrogens is 1020 g/mol. The van der Waals surface area contributed by atoms with Crippen LogP contribution < -0.4 is 76.5 Å². The SMILES string of the molecule is COC(=O)NCCC(=O)N(CC(=O)NCCCCC(NC1CC1)C(N)=O)CC(=O)NCCCCC(NC1CC1)C(N)=O.NCCC(=O)N(CC(=O)NCCCCC(CN)NC1CC1)CC(=O)NCCCCC(NC1CC1)C(N)=O. The van der Waals surface area contributed by atoms with E-state index in [2.05, 4.69) is 52.6 Å². The second-order valence-corrected chi connectivity index (χ2v) is 21.2. The lowest BCUT2D eigenvalue weighted by molar-refractivity contribution is -0.139. The monoisotopic (exact) mass is 1120 g/mol. The van der Waals surface area contributed by atoms with E-state index in [-0.39, 0.29) is 106 Å². The van der Waals surface area contributed by atoms with Gasteiger partial charge in [-0.25, -0.2) is 4.79 Å². The number of hydrogen-bond donors (Lipinski definition) is 14. The van der Waals surface area contributed by atoms with Gasteiger partial charge in [-0.1, -0.05) is 6.42 Å². The Kier molecular flexibility index (Phi) is 33.2. The summed E-state index contributed by atoms with van der Waals surface area (Å²) in [5, 5.41) is 26.7. The quantitative estimate of drug-likeness (QED) is 0.0267. The van der Waals surface area contributed by atoms with Crippen molar-refractivity contribution in [2.45, 2.75) is 190 Å². The Labute approximate surface area is 465 Å². The minimum Gasteiger partial charge on any atom is -0.453 e. The Hall–Kier alpha value is -5.74. The van der Waals surface area contributed by atoms with E-state index in [9.17, 15) is 47.9 Å². The third-order valence-corrected chi connectivity index (χ3v) is 13.6. The Bertz CT molecular complexity index is 1860. The molecule has 27 nitrogen and oxygen atoms in total. The van der Waals surface area contributed by atoms with Gasteiger partial charge >= 0.3 is 6.09 Å². The van der Waals surface area contributed by atoms with E-state index in [0.29, 0.717) is 114 Å². The van der Waals surface area contributed by atoms with E-state index in [4.69, 9.17) is 28.7 Å². The average Bonchev–Trinajstić information content (AvgIpc) is 4.15. The van der Waals surface area contributed by atoms with Gasteiger partial charge in [0.25, 0.3) is 0 Å². The first-order valence-corrected chi connectivity index (χ1v) is 28.7. The summed E-state index contributed by atoms with van der Waals surface area (Å²) in [6.07, 6.45) is 16.5. The van der Waals surface area contributed by atoms with Crippen LogP contribution in [0.2, 0.25) is 0 Å². The molecule has 0 aromatic carbocycles. The maximum atomic E-state index is 12.8. The van der Waals surface area contributed by atoms with E-state index in [1.807, 2.05) is 0 Å². The Morgan fingerprint density at radius 2 is 0.747 bits per heavy atom. The van der Waals surface area contributed by atoms with Crippen molar-refractivity contribution in [1.29, 1.82) is 0 Å². The molecule has 0 bridgehead atoms. The third-order valence-electron chi connectivity index (χ3n) is 13.6. The van der Waals surface area contributed by atoms with Gasteiger partial charge in [-0.05, 0) is 122 Å². The number of alkyl carbamates (subject to hydrolysis) is 1. The topological polar surface area (TPSA) is 425 Å². The van der Waals surface area contributed by atoms with Crippen molar-refractivity contribution < 1.29 is 52.7 Å². The summed E-state index contributed by atoms with van der Waals surface area (Å²) in [5.41, 5.74) is 27.7. The summed E-state index contributed by atoms with van der Waals surface area (Å²) >= 11 is 0. The predicted octanol–water partition coefficient (Wildman–Crippen LogP) is -3.23. The summed E-state index contributed by atoms with van der Waals surface area (Å²) in [4.78, 5) is 124. The first kappa shape index (κ1) is 67.5. The Balaban J connectivity index is 0.000000419. The lowest BCUT2D eigenvalue weighted by atomic mass is 10.1. The van der Waals surface area contributed by atoms with Crippen LogP contribution in [0.4, 0.5) is 4.79 Å². The molecule has 4 fully saturated rings. The highest BCUT2D eigenvalue weighted by atomic mass is 16.5. The van der Waals surface area contributed by atoms with Gasteiger partial charge in [-0.15, -0.1) is 0 Å². The third kappa shape index (κ3) is 33.5. The molecule has 0 aromatic rings. The van der Waals surface area contributed by atoms with Crippen molar-refractivity contribution in [2.24, 2.45) is 28.7 Å². The molecule has 4 saturated carbocycles. The van der Waals surface area contributed by atoms with Gasteiger partial charge in [-0.2, -0.15) is 0 Å². The largest absolute Gasteiger partial charge is 0.453 e. The number of ether oxygens (including phenoxy) is 1. The number of nitrogens with two attached hydrogens (primary N) is 5. The number of primary amides is 3. The number of hydrogen-bond acceptors (Lipinski definition) is 17. The molecule has 0 heterocycles. The zero-order valence-corrected chi connectivity index (χ0v) is 46.7. The fraction of sp³-hybridized carbons (Fsp3) is 0.808. The number of rotatable bonds is 45. The maximum absolute atomic E-state index is 12.8. The summed E-state index contributed by atoms with van der Waals surface area (Å²) in [6.45, 7) is 1.29. The second kappa shape index (κ2) is 38.8. The highest BCUT2D eigenvalue weighted by Crippen LogP contribution is 2.22. The lowest BCUT2D eigenvalue weighted by Crippen LogP contribution is -2.46. The number of carbonyl (C=O) groups is 10. The Morgan fingerprint density at radius 1 is 0.430 bits per heavy atom. The molecule has 450 valence electrons. The molecule has 0 aliphatic heterocycles. The van der Waals surface area contributed by atoms with Crippen LogP contribution in [0.3, 0.4) is 0 Å². The van der Waals surface area contributed by atoms with Gasteiger partial charge in [0.05, 0.1) is 25.2 Å². The average molecular weight is 1120 g/mol. The van der Waals surface area contributed by atoms with E-state index in [0.717, 1.165) is 69.1 Å². The highest BCUT2D eigenvalue weighted by Gasteiger charge is 2.30. The van der Waals surface area contributed by atoms with Crippen molar-refractivity contribution in [3.8, 4) is 0 Å². The van der Waals surface area contributed by atoms with E-state index in [1.165, 1.54) is 24.9 Å². The van der Waals surface area contributed by atoms with Crippen molar-refractivity contribution in [3.63, 3.8) is 0 Å². The molecule has 4 atom stereocenters. The highest BCUT2D eigenvalue weighted by molar-refractivity contribution is 5.90. The van der Waals surface area contributed by atoms with Crippen molar-refractivity contribution in [3.05, 3.63) is 0 Å². The molecule has 0 spiro atoms. The van der Waals surface area contributed by atoms with E-state index in [1.54, 1.807) is 0 Å². The number of methoxy groups -OCH3 is 1. The van der Waals surface area contributed by atoms with Crippen LogP contribution in [-0.4, -0.2) is 196 Å². The summed E-state index contributed by atoms with van der Waals surface area (Å²) in [7, 11) is 1.20. The number of nitrogens with zero attached hydrogens (tertiary/aromatic N) is 2. The number of carbonyl (C=O) groups excluding carboxylic acids is 10. The van der Waals surface area contributed by atoms with Crippen LogP contribution in [-0.2, 0) is 47.9 Å². The van der Waals surface area contributed by atoms with Crippen LogP contribution in [0.1, 0.15) is 141 Å². The predicted molar refractivity (Wildman–Crippen MR) is 296 cm³/mol. The standard InChI is InChI=1S/C27H48N8O7.C25H48N8O4/c1-42-27(41)32-15-12-24(38)35(16-22(36)30-13-4-2-6-20(25(28)39)33-18-8-9-18)17-23(37)31-14-5-3-7-21(26(29)40)34-19-10-11-19;26-12-11-24(36)33(16-22(34)29-13-3-1-5-20(15-27)31-18-7-8-18)17-23(35)30-14-4-2-6-21(25(28)37)32-19-9-10-19/h18-21,33-34H,2-17H2,1H3,(H2,28,39)(H2,29,40)(H,30,36)(H,31,37)(H,32,41);18-21,31-32H,1-17,26-27H2,(H2,28,37)(H,29,34)(H,30,35). The molecule has 4 aliphatic carbocycles. The van der Waals surface area contributed by atoms with Gasteiger partial charge in [0.2, 0.25) is 53.2 Å². The van der Waals surface area contributed by atoms with Gasteiger partial charge in [0, 0.05) is 88.9 Å². The molecule has 10 amide bonds. The summed E-state index contributed by atoms with van der Waals surface area (Å²) < 4.78 is 4.49. The Morgan fingerprint density at radius 3 is 1.04 bits per heavy atom. The molecule has 0 aromatic heterocycles. The normalized spacial score (nSPS) is 16.1. The van der Waals surface area contributed by atoms with Crippen LogP contribution in [0.5, 0.6) is 0 Å². The van der Waals surface area contributed by atoms with Crippen molar-refractivity contribution in [1.82, 2.24) is 57.7 Å². The second-order valence-electron chi connectivity index (χ2n) is 21.2. The first-order valence-electron chi connectivity index (χ1n) is 28.7. The van der Waals surface area contributed by atoms with Crippen molar-refractivity contribution >= 4 is 59.3 Å². The molecular formula is C52H96N16O11. The molecule has 4 unspecified atom stereocenters. The molecule has 19 N–H and O–H groups in total. The lowest BCUT2D eigenvalue weighted by Gasteiger charge is -2.22. The minimum atomic E-state index is -0.693. The van der Waals surface area contributed by atoms with Crippen molar-refractivity contribution in [2.75, 3.05) is 79.1 Å².